The number of benzene rings is 2. The van der Waals surface area contributed by atoms with Crippen LogP contribution in [0.3, 0.4) is 0 Å². The third-order valence-corrected chi connectivity index (χ3v) is 4.92. The summed E-state index contributed by atoms with van der Waals surface area (Å²) in [4.78, 5) is 40.1. The Morgan fingerprint density at radius 3 is 2.62 bits per heavy atom. The van der Waals surface area contributed by atoms with E-state index >= 15 is 0 Å². The van der Waals surface area contributed by atoms with Gasteiger partial charge in [0.25, 0.3) is 0 Å². The number of anilines is 1. The molecular weight excluding hydrogens is 373 g/mol. The lowest BCUT2D eigenvalue weighted by Crippen LogP contribution is -2.39. The van der Waals surface area contributed by atoms with Crippen molar-refractivity contribution in [3.8, 4) is 0 Å². The number of nitrogens with one attached hydrogen (secondary N) is 1. The van der Waals surface area contributed by atoms with E-state index < -0.39 is 17.6 Å². The van der Waals surface area contributed by atoms with Gasteiger partial charge in [-0.2, -0.15) is 0 Å². The first kappa shape index (κ1) is 20.5. The fourth-order valence-corrected chi connectivity index (χ4v) is 3.38. The standard InChI is InChI=1S/C22H24FN3O3/c1-15-6-8-16(9-7-15)12-26-13-17(10-21(26)28)22(29)25(2)14-20(27)24-19-5-3-4-18(23)11-19/h3-9,11,17H,10,12-14H2,1-2H3,(H,24,27)/t17-/m0/s1. The molecule has 1 N–H and O–H groups in total. The molecule has 29 heavy (non-hydrogen) atoms. The number of likely N-dealkylation sites (N-methyl/N-ethyl adjacent to an activating group) is 1. The van der Waals surface area contributed by atoms with Gasteiger partial charge in [0.1, 0.15) is 5.82 Å². The number of carbonyl (C=O) groups is 3. The Morgan fingerprint density at radius 2 is 1.93 bits per heavy atom. The molecule has 1 aliphatic heterocycles. The molecule has 0 aromatic heterocycles. The van der Waals surface area contributed by atoms with Gasteiger partial charge in [-0.1, -0.05) is 35.9 Å². The number of hydrogen-bond acceptors (Lipinski definition) is 3. The Balaban J connectivity index is 1.53. The molecule has 0 unspecified atom stereocenters. The largest absolute Gasteiger partial charge is 0.338 e. The van der Waals surface area contributed by atoms with Crippen LogP contribution in [0, 0.1) is 18.7 Å². The molecule has 7 heteroatoms. The number of carbonyl (C=O) groups excluding carboxylic acids is 3. The van der Waals surface area contributed by atoms with Crippen molar-refractivity contribution >= 4 is 23.4 Å². The summed E-state index contributed by atoms with van der Waals surface area (Å²) in [5.41, 5.74) is 2.49. The molecule has 152 valence electrons. The summed E-state index contributed by atoms with van der Waals surface area (Å²) in [5.74, 6) is -1.67. The maximum absolute atomic E-state index is 13.2. The van der Waals surface area contributed by atoms with Crippen LogP contribution in [0.25, 0.3) is 0 Å². The van der Waals surface area contributed by atoms with E-state index in [1.54, 1.807) is 11.0 Å². The van der Waals surface area contributed by atoms with Gasteiger partial charge in [-0.05, 0) is 30.7 Å². The van der Waals surface area contributed by atoms with Crippen LogP contribution < -0.4 is 5.32 Å². The fraction of sp³-hybridized carbons (Fsp3) is 0.318. The number of amides is 3. The van der Waals surface area contributed by atoms with E-state index in [-0.39, 0.29) is 24.8 Å². The van der Waals surface area contributed by atoms with Gasteiger partial charge in [-0.15, -0.1) is 0 Å². The van der Waals surface area contributed by atoms with Gasteiger partial charge in [0.15, 0.2) is 0 Å². The Hall–Kier alpha value is -3.22. The summed E-state index contributed by atoms with van der Waals surface area (Å²) in [7, 11) is 1.53. The van der Waals surface area contributed by atoms with Crippen LogP contribution in [-0.2, 0) is 20.9 Å². The number of likely N-dealkylation sites (tertiary alicyclic amines) is 1. The summed E-state index contributed by atoms with van der Waals surface area (Å²) < 4.78 is 13.2. The van der Waals surface area contributed by atoms with E-state index in [0.717, 1.165) is 11.1 Å². The number of aryl methyl sites for hydroxylation is 1. The molecule has 1 heterocycles. The molecule has 1 saturated heterocycles. The van der Waals surface area contributed by atoms with E-state index in [4.69, 9.17) is 0 Å². The van der Waals surface area contributed by atoms with Gasteiger partial charge in [0.2, 0.25) is 17.7 Å². The lowest BCUT2D eigenvalue weighted by atomic mass is 10.1. The maximum Gasteiger partial charge on any atom is 0.243 e. The van der Waals surface area contributed by atoms with Crippen LogP contribution in [0.2, 0.25) is 0 Å². The van der Waals surface area contributed by atoms with Gasteiger partial charge in [0.05, 0.1) is 12.5 Å². The predicted molar refractivity (Wildman–Crippen MR) is 107 cm³/mol. The molecule has 2 aromatic rings. The Kier molecular flexibility index (Phi) is 6.26. The first-order valence-corrected chi connectivity index (χ1v) is 9.45. The maximum atomic E-state index is 13.2. The van der Waals surface area contributed by atoms with Crippen molar-refractivity contribution in [3.63, 3.8) is 0 Å². The van der Waals surface area contributed by atoms with Gasteiger partial charge < -0.3 is 15.1 Å². The lowest BCUT2D eigenvalue weighted by molar-refractivity contribution is -0.137. The normalized spacial score (nSPS) is 16.0. The zero-order chi connectivity index (χ0) is 21.0. The summed E-state index contributed by atoms with van der Waals surface area (Å²) in [6.45, 7) is 2.63. The molecule has 6 nitrogen and oxygen atoms in total. The van der Waals surface area contributed by atoms with E-state index in [1.165, 1.54) is 30.1 Å². The molecular formula is C22H24FN3O3. The molecule has 2 aromatic carbocycles. The average molecular weight is 397 g/mol. The second kappa shape index (κ2) is 8.86. The van der Waals surface area contributed by atoms with Crippen LogP contribution in [-0.4, -0.2) is 47.7 Å². The minimum absolute atomic E-state index is 0.0680. The lowest BCUT2D eigenvalue weighted by Gasteiger charge is -2.21. The Labute approximate surface area is 169 Å². The zero-order valence-electron chi connectivity index (χ0n) is 16.5. The summed E-state index contributed by atoms with van der Waals surface area (Å²) in [6.07, 6.45) is 0.139. The quantitative estimate of drug-likeness (QED) is 0.815. The van der Waals surface area contributed by atoms with Crippen molar-refractivity contribution in [1.29, 1.82) is 0 Å². The Bertz CT molecular complexity index is 914. The number of nitrogens with zero attached hydrogens (tertiary/aromatic N) is 2. The highest BCUT2D eigenvalue weighted by atomic mass is 19.1. The highest BCUT2D eigenvalue weighted by Gasteiger charge is 2.36. The van der Waals surface area contributed by atoms with E-state index in [1.807, 2.05) is 31.2 Å². The Morgan fingerprint density at radius 1 is 1.21 bits per heavy atom. The summed E-state index contributed by atoms with van der Waals surface area (Å²) >= 11 is 0. The highest BCUT2D eigenvalue weighted by molar-refractivity contribution is 5.96. The molecule has 1 aliphatic rings. The SMILES string of the molecule is Cc1ccc(CN2C[C@@H](C(=O)N(C)CC(=O)Nc3cccc(F)c3)CC2=O)cc1. The monoisotopic (exact) mass is 397 g/mol. The van der Waals surface area contributed by atoms with Crippen molar-refractivity contribution in [2.75, 3.05) is 25.5 Å². The molecule has 0 saturated carbocycles. The zero-order valence-corrected chi connectivity index (χ0v) is 16.5. The minimum atomic E-state index is -0.472. The fourth-order valence-electron chi connectivity index (χ4n) is 3.38. The van der Waals surface area contributed by atoms with Crippen molar-refractivity contribution in [1.82, 2.24) is 9.80 Å². The molecule has 0 spiro atoms. The predicted octanol–water partition coefficient (Wildman–Crippen LogP) is 2.58. The summed E-state index contributed by atoms with van der Waals surface area (Å²) in [6, 6.07) is 13.5. The van der Waals surface area contributed by atoms with E-state index in [9.17, 15) is 18.8 Å². The average Bonchev–Trinajstić information content (AvgIpc) is 3.03. The number of rotatable bonds is 6. The van der Waals surface area contributed by atoms with Crippen molar-refractivity contribution in [3.05, 3.63) is 65.5 Å². The third-order valence-electron chi connectivity index (χ3n) is 4.92. The molecule has 0 radical (unpaired) electrons. The summed E-state index contributed by atoms with van der Waals surface area (Å²) in [5, 5.41) is 2.56. The second-order valence-corrected chi connectivity index (χ2v) is 7.41. The van der Waals surface area contributed by atoms with Crippen LogP contribution in [0.1, 0.15) is 17.5 Å². The molecule has 1 fully saturated rings. The van der Waals surface area contributed by atoms with Gasteiger partial charge in [-0.3, -0.25) is 14.4 Å². The first-order valence-electron chi connectivity index (χ1n) is 9.45. The smallest absolute Gasteiger partial charge is 0.243 e. The van der Waals surface area contributed by atoms with Crippen LogP contribution in [0.5, 0.6) is 0 Å². The number of hydrogen-bond donors (Lipinski definition) is 1. The molecule has 3 amide bonds. The number of halogens is 1. The molecule has 3 rings (SSSR count). The van der Waals surface area contributed by atoms with Gasteiger partial charge in [0, 0.05) is 32.2 Å². The topological polar surface area (TPSA) is 69.7 Å². The van der Waals surface area contributed by atoms with Crippen molar-refractivity contribution in [2.45, 2.75) is 19.9 Å². The molecule has 0 bridgehead atoms. The first-order chi connectivity index (χ1) is 13.8. The highest BCUT2D eigenvalue weighted by Crippen LogP contribution is 2.22. The third kappa shape index (κ3) is 5.40. The van der Waals surface area contributed by atoms with Crippen molar-refractivity contribution in [2.24, 2.45) is 5.92 Å². The second-order valence-electron chi connectivity index (χ2n) is 7.41. The molecule has 0 aliphatic carbocycles. The van der Waals surface area contributed by atoms with Crippen molar-refractivity contribution < 1.29 is 18.8 Å². The van der Waals surface area contributed by atoms with Crippen LogP contribution >= 0.6 is 0 Å². The minimum Gasteiger partial charge on any atom is -0.338 e. The van der Waals surface area contributed by atoms with Gasteiger partial charge >= 0.3 is 0 Å². The van der Waals surface area contributed by atoms with Crippen LogP contribution in [0.4, 0.5) is 10.1 Å². The van der Waals surface area contributed by atoms with Gasteiger partial charge in [-0.25, -0.2) is 4.39 Å². The van der Waals surface area contributed by atoms with E-state index in [0.29, 0.717) is 18.8 Å². The van der Waals surface area contributed by atoms with Crippen LogP contribution in [0.15, 0.2) is 48.5 Å². The molecule has 1 atom stereocenters. The van der Waals surface area contributed by atoms with E-state index in [2.05, 4.69) is 5.32 Å².